The van der Waals surface area contributed by atoms with Gasteiger partial charge in [0.15, 0.2) is 0 Å². The molecule has 0 amide bonds. The highest BCUT2D eigenvalue weighted by molar-refractivity contribution is 14.1. The minimum absolute atomic E-state index is 0.736. The molecule has 1 N–H and O–H groups in total. The Labute approximate surface area is 117 Å². The highest BCUT2D eigenvalue weighted by atomic mass is 127. The summed E-state index contributed by atoms with van der Waals surface area (Å²) in [6, 6.07) is 14.2. The van der Waals surface area contributed by atoms with Crippen molar-refractivity contribution in [3.05, 3.63) is 56.3 Å². The molecule has 0 spiro atoms. The molecule has 82 valence electrons. The van der Waals surface area contributed by atoms with Crippen molar-refractivity contribution in [3.63, 3.8) is 0 Å². The molecule has 2 aromatic rings. The Bertz CT molecular complexity index is 471. The van der Waals surface area contributed by atoms with E-state index in [0.717, 1.165) is 22.5 Å². The van der Waals surface area contributed by atoms with Crippen LogP contribution < -0.4 is 5.32 Å². The summed E-state index contributed by atoms with van der Waals surface area (Å²) in [5.74, 6) is 0. The van der Waals surface area contributed by atoms with Crippen molar-refractivity contribution in [2.45, 2.75) is 6.54 Å². The summed E-state index contributed by atoms with van der Waals surface area (Å²) in [4.78, 5) is 4.36. The Morgan fingerprint density at radius 2 is 1.88 bits per heavy atom. The number of hydrogen-bond donors (Lipinski definition) is 1. The Balaban J connectivity index is 1.99. The van der Waals surface area contributed by atoms with Crippen LogP contribution in [0.1, 0.15) is 5.69 Å². The molecule has 1 aromatic heterocycles. The van der Waals surface area contributed by atoms with E-state index in [2.05, 4.69) is 73.1 Å². The van der Waals surface area contributed by atoms with E-state index in [4.69, 9.17) is 0 Å². The summed E-state index contributed by atoms with van der Waals surface area (Å²) in [5, 5.41) is 3.33. The molecular weight excluding hydrogens is 379 g/mol. The molecule has 0 saturated carbocycles. The van der Waals surface area contributed by atoms with Gasteiger partial charge in [-0.15, -0.1) is 0 Å². The summed E-state index contributed by atoms with van der Waals surface area (Å²) >= 11 is 5.65. The number of rotatable bonds is 3. The lowest BCUT2D eigenvalue weighted by Crippen LogP contribution is -2.01. The van der Waals surface area contributed by atoms with Crippen LogP contribution in [-0.2, 0) is 6.54 Å². The lowest BCUT2D eigenvalue weighted by Gasteiger charge is -2.06. The molecule has 0 fully saturated rings. The first-order valence-corrected chi connectivity index (χ1v) is 6.72. The van der Waals surface area contributed by atoms with Crippen molar-refractivity contribution in [1.29, 1.82) is 0 Å². The number of nitrogens with one attached hydrogen (secondary N) is 1. The fourth-order valence-corrected chi connectivity index (χ4v) is 2.05. The zero-order valence-electron chi connectivity index (χ0n) is 8.45. The van der Waals surface area contributed by atoms with Gasteiger partial charge in [-0.05, 0) is 74.9 Å². The maximum atomic E-state index is 4.36. The third-order valence-electron chi connectivity index (χ3n) is 2.09. The average molecular weight is 389 g/mol. The molecule has 0 bridgehead atoms. The predicted molar refractivity (Wildman–Crippen MR) is 78.4 cm³/mol. The van der Waals surface area contributed by atoms with Crippen LogP contribution >= 0.6 is 38.5 Å². The maximum absolute atomic E-state index is 4.36. The first-order chi connectivity index (χ1) is 7.74. The van der Waals surface area contributed by atoms with Crippen molar-refractivity contribution in [2.75, 3.05) is 5.32 Å². The molecule has 2 rings (SSSR count). The van der Waals surface area contributed by atoms with E-state index >= 15 is 0 Å². The van der Waals surface area contributed by atoms with E-state index in [1.165, 1.54) is 3.57 Å². The van der Waals surface area contributed by atoms with Crippen LogP contribution in [0.3, 0.4) is 0 Å². The molecule has 2 nitrogen and oxygen atoms in total. The molecule has 0 aliphatic heterocycles. The fraction of sp³-hybridized carbons (Fsp3) is 0.0833. The van der Waals surface area contributed by atoms with Gasteiger partial charge in [0.1, 0.15) is 4.60 Å². The van der Waals surface area contributed by atoms with Crippen molar-refractivity contribution in [1.82, 2.24) is 4.98 Å². The lowest BCUT2D eigenvalue weighted by atomic mass is 10.3. The van der Waals surface area contributed by atoms with Crippen LogP contribution in [0.2, 0.25) is 0 Å². The number of aromatic nitrogens is 1. The van der Waals surface area contributed by atoms with Gasteiger partial charge in [-0.3, -0.25) is 0 Å². The minimum Gasteiger partial charge on any atom is -0.379 e. The zero-order chi connectivity index (χ0) is 11.4. The Kier molecular flexibility index (Phi) is 4.17. The number of nitrogens with zero attached hydrogens (tertiary/aromatic N) is 1. The van der Waals surface area contributed by atoms with Crippen LogP contribution in [0, 0.1) is 3.57 Å². The highest BCUT2D eigenvalue weighted by Gasteiger charge is 1.96. The van der Waals surface area contributed by atoms with E-state index < -0.39 is 0 Å². The number of halogens is 2. The van der Waals surface area contributed by atoms with Gasteiger partial charge < -0.3 is 5.32 Å². The average Bonchev–Trinajstić information content (AvgIpc) is 2.28. The van der Waals surface area contributed by atoms with Crippen LogP contribution in [0.15, 0.2) is 47.1 Å². The van der Waals surface area contributed by atoms with E-state index in [1.807, 2.05) is 18.2 Å². The van der Waals surface area contributed by atoms with Crippen LogP contribution in [0.4, 0.5) is 5.69 Å². The van der Waals surface area contributed by atoms with Gasteiger partial charge in [0.25, 0.3) is 0 Å². The molecular formula is C12H10BrIN2. The number of benzene rings is 1. The molecule has 0 unspecified atom stereocenters. The molecule has 1 heterocycles. The summed E-state index contributed by atoms with van der Waals surface area (Å²) in [6.45, 7) is 0.736. The van der Waals surface area contributed by atoms with Gasteiger partial charge in [-0.25, -0.2) is 4.98 Å². The van der Waals surface area contributed by atoms with Crippen molar-refractivity contribution in [3.8, 4) is 0 Å². The van der Waals surface area contributed by atoms with Gasteiger partial charge in [0.05, 0.1) is 12.2 Å². The van der Waals surface area contributed by atoms with Crippen LogP contribution in [0.25, 0.3) is 0 Å². The number of anilines is 1. The largest absolute Gasteiger partial charge is 0.379 e. The molecule has 0 aliphatic carbocycles. The van der Waals surface area contributed by atoms with E-state index in [9.17, 15) is 0 Å². The van der Waals surface area contributed by atoms with Gasteiger partial charge >= 0.3 is 0 Å². The van der Waals surface area contributed by atoms with E-state index in [-0.39, 0.29) is 0 Å². The van der Waals surface area contributed by atoms with Crippen molar-refractivity contribution < 1.29 is 0 Å². The van der Waals surface area contributed by atoms with Crippen molar-refractivity contribution in [2.24, 2.45) is 0 Å². The third kappa shape index (κ3) is 3.45. The molecule has 0 aliphatic rings. The molecule has 0 atom stereocenters. The van der Waals surface area contributed by atoms with Gasteiger partial charge in [0.2, 0.25) is 0 Å². The summed E-state index contributed by atoms with van der Waals surface area (Å²) in [5.41, 5.74) is 2.13. The number of hydrogen-bond acceptors (Lipinski definition) is 2. The minimum atomic E-state index is 0.736. The lowest BCUT2D eigenvalue weighted by molar-refractivity contribution is 1.03. The normalized spacial score (nSPS) is 10.1. The van der Waals surface area contributed by atoms with Crippen molar-refractivity contribution >= 4 is 44.2 Å². The Morgan fingerprint density at radius 3 is 2.56 bits per heavy atom. The van der Waals surface area contributed by atoms with E-state index in [0.29, 0.717) is 0 Å². The van der Waals surface area contributed by atoms with E-state index in [1.54, 1.807) is 0 Å². The van der Waals surface area contributed by atoms with Gasteiger partial charge in [-0.1, -0.05) is 6.07 Å². The maximum Gasteiger partial charge on any atom is 0.106 e. The first-order valence-electron chi connectivity index (χ1n) is 4.85. The van der Waals surface area contributed by atoms with Crippen LogP contribution in [-0.4, -0.2) is 4.98 Å². The zero-order valence-corrected chi connectivity index (χ0v) is 12.2. The number of pyridine rings is 1. The molecule has 0 radical (unpaired) electrons. The van der Waals surface area contributed by atoms with Gasteiger partial charge in [0, 0.05) is 9.26 Å². The first kappa shape index (κ1) is 11.9. The summed E-state index contributed by atoms with van der Waals surface area (Å²) < 4.78 is 2.11. The second-order valence-electron chi connectivity index (χ2n) is 3.31. The quantitative estimate of drug-likeness (QED) is 0.633. The molecule has 16 heavy (non-hydrogen) atoms. The predicted octanol–water partition coefficient (Wildman–Crippen LogP) is 4.06. The Morgan fingerprint density at radius 1 is 1.12 bits per heavy atom. The molecule has 1 aromatic carbocycles. The van der Waals surface area contributed by atoms with Gasteiger partial charge in [-0.2, -0.15) is 0 Å². The molecule has 4 heteroatoms. The monoisotopic (exact) mass is 388 g/mol. The summed E-state index contributed by atoms with van der Waals surface area (Å²) in [7, 11) is 0. The second-order valence-corrected chi connectivity index (χ2v) is 5.37. The molecule has 0 saturated heterocycles. The third-order valence-corrected chi connectivity index (χ3v) is 3.25. The fourth-order valence-electron chi connectivity index (χ4n) is 1.31. The summed E-state index contributed by atoms with van der Waals surface area (Å²) in [6.07, 6.45) is 0. The van der Waals surface area contributed by atoms with Crippen LogP contribution in [0.5, 0.6) is 0 Å². The smallest absolute Gasteiger partial charge is 0.106 e. The second kappa shape index (κ2) is 5.63. The standard InChI is InChI=1S/C12H10BrIN2/c13-12-3-1-2-11(16-12)8-15-10-6-4-9(14)5-7-10/h1-7,15H,8H2. The topological polar surface area (TPSA) is 24.9 Å². The highest BCUT2D eigenvalue weighted by Crippen LogP contribution is 2.12. The Hall–Kier alpha value is -0.620. The SMILES string of the molecule is Brc1cccc(CNc2ccc(I)cc2)n1.